The molecule has 1 unspecified atom stereocenters. The third-order valence-corrected chi connectivity index (χ3v) is 3.00. The van der Waals surface area contributed by atoms with Gasteiger partial charge in [-0.15, -0.1) is 0 Å². The molecule has 0 amide bonds. The summed E-state index contributed by atoms with van der Waals surface area (Å²) >= 11 is 0. The van der Waals surface area contributed by atoms with Crippen molar-refractivity contribution in [3.8, 4) is 5.75 Å². The van der Waals surface area contributed by atoms with Gasteiger partial charge in [0.05, 0.1) is 18.3 Å². The first kappa shape index (κ1) is 12.1. The van der Waals surface area contributed by atoms with E-state index in [9.17, 15) is 4.79 Å². The summed E-state index contributed by atoms with van der Waals surface area (Å²) in [6.07, 6.45) is 5.61. The van der Waals surface area contributed by atoms with Gasteiger partial charge in [0.25, 0.3) is 0 Å². The van der Waals surface area contributed by atoms with E-state index in [1.54, 1.807) is 6.07 Å². The van der Waals surface area contributed by atoms with Crippen LogP contribution in [0.5, 0.6) is 5.75 Å². The summed E-state index contributed by atoms with van der Waals surface area (Å²) in [5.41, 5.74) is 0.615. The predicted octanol–water partition coefficient (Wildman–Crippen LogP) is 2.84. The Balaban J connectivity index is 1.72. The van der Waals surface area contributed by atoms with Gasteiger partial charge in [-0.2, -0.15) is 0 Å². The van der Waals surface area contributed by atoms with Crippen molar-refractivity contribution in [2.45, 2.75) is 31.8 Å². The number of carbonyl (C=O) groups is 1. The van der Waals surface area contributed by atoms with E-state index in [0.717, 1.165) is 25.7 Å². The lowest BCUT2D eigenvalue weighted by Crippen LogP contribution is -2.08. The topological polar surface area (TPSA) is 35.5 Å². The molecule has 3 nitrogen and oxygen atoms in total. The summed E-state index contributed by atoms with van der Waals surface area (Å²) in [5, 5.41) is 0. The molecule has 1 atom stereocenters. The molecule has 17 heavy (non-hydrogen) atoms. The summed E-state index contributed by atoms with van der Waals surface area (Å²) in [4.78, 5) is 10.8. The van der Waals surface area contributed by atoms with Gasteiger partial charge in [-0.05, 0) is 37.8 Å². The van der Waals surface area contributed by atoms with Crippen LogP contribution in [0, 0.1) is 0 Å². The maximum absolute atomic E-state index is 10.8. The highest BCUT2D eigenvalue weighted by Gasteiger charge is 2.14. The Kier molecular flexibility index (Phi) is 4.56. The third-order valence-electron chi connectivity index (χ3n) is 3.00. The molecule has 1 aliphatic heterocycles. The molecule has 3 heteroatoms. The van der Waals surface area contributed by atoms with E-state index in [1.807, 2.05) is 18.2 Å². The normalized spacial score (nSPS) is 19.2. The van der Waals surface area contributed by atoms with Crippen molar-refractivity contribution in [1.82, 2.24) is 0 Å². The van der Waals surface area contributed by atoms with Gasteiger partial charge in [-0.3, -0.25) is 4.79 Å². The van der Waals surface area contributed by atoms with Gasteiger partial charge in [-0.1, -0.05) is 12.1 Å². The van der Waals surface area contributed by atoms with Crippen LogP contribution in [0.25, 0.3) is 0 Å². The van der Waals surface area contributed by atoms with Crippen LogP contribution in [0.3, 0.4) is 0 Å². The summed E-state index contributed by atoms with van der Waals surface area (Å²) < 4.78 is 11.1. The molecule has 92 valence electrons. The predicted molar refractivity (Wildman–Crippen MR) is 65.5 cm³/mol. The Morgan fingerprint density at radius 2 is 2.29 bits per heavy atom. The Morgan fingerprint density at radius 3 is 3.06 bits per heavy atom. The minimum Gasteiger partial charge on any atom is -0.493 e. The van der Waals surface area contributed by atoms with Crippen molar-refractivity contribution in [2.24, 2.45) is 0 Å². The molecular formula is C14H18O3. The highest BCUT2D eigenvalue weighted by Crippen LogP contribution is 2.19. The quantitative estimate of drug-likeness (QED) is 0.561. The van der Waals surface area contributed by atoms with E-state index in [0.29, 0.717) is 24.0 Å². The highest BCUT2D eigenvalue weighted by atomic mass is 16.5. The number of carbonyl (C=O) groups excluding carboxylic acids is 1. The molecule has 1 heterocycles. The zero-order valence-electron chi connectivity index (χ0n) is 9.93. The molecule has 1 aromatic rings. The zero-order valence-corrected chi connectivity index (χ0v) is 9.93. The van der Waals surface area contributed by atoms with Crippen LogP contribution in [0.15, 0.2) is 24.3 Å². The Hall–Kier alpha value is -1.35. The smallest absolute Gasteiger partial charge is 0.153 e. The number of ether oxygens (including phenoxy) is 2. The lowest BCUT2D eigenvalue weighted by atomic mass is 10.1. The van der Waals surface area contributed by atoms with Gasteiger partial charge in [0.1, 0.15) is 5.75 Å². The van der Waals surface area contributed by atoms with Crippen molar-refractivity contribution in [1.29, 1.82) is 0 Å². The maximum Gasteiger partial charge on any atom is 0.153 e. The van der Waals surface area contributed by atoms with Crippen LogP contribution in [0.2, 0.25) is 0 Å². The fourth-order valence-electron chi connectivity index (χ4n) is 2.07. The van der Waals surface area contributed by atoms with E-state index < -0.39 is 0 Å². The lowest BCUT2D eigenvalue weighted by molar-refractivity contribution is 0.0979. The lowest BCUT2D eigenvalue weighted by Gasteiger charge is -2.10. The Bertz CT molecular complexity index is 356. The highest BCUT2D eigenvalue weighted by molar-refractivity contribution is 5.79. The number of para-hydroxylation sites is 1. The monoisotopic (exact) mass is 234 g/mol. The summed E-state index contributed by atoms with van der Waals surface area (Å²) in [6, 6.07) is 7.31. The molecule has 1 aliphatic rings. The third kappa shape index (κ3) is 3.56. The molecule has 1 saturated heterocycles. The minimum atomic E-state index is 0.417. The second kappa shape index (κ2) is 6.40. The van der Waals surface area contributed by atoms with Crippen molar-refractivity contribution in [3.05, 3.63) is 29.8 Å². The molecule has 0 aliphatic carbocycles. The van der Waals surface area contributed by atoms with E-state index in [2.05, 4.69) is 0 Å². The van der Waals surface area contributed by atoms with Crippen LogP contribution in [0.4, 0.5) is 0 Å². The van der Waals surface area contributed by atoms with Gasteiger partial charge in [0.2, 0.25) is 0 Å². The molecule has 1 aromatic carbocycles. The van der Waals surface area contributed by atoms with Crippen molar-refractivity contribution < 1.29 is 14.3 Å². The SMILES string of the molecule is O=Cc1ccccc1OCCCC1CCCO1. The number of aldehydes is 1. The molecule has 0 saturated carbocycles. The van der Waals surface area contributed by atoms with Gasteiger partial charge in [0.15, 0.2) is 6.29 Å². The summed E-state index contributed by atoms with van der Waals surface area (Å²) in [6.45, 7) is 1.55. The first-order valence-electron chi connectivity index (χ1n) is 6.19. The van der Waals surface area contributed by atoms with Gasteiger partial charge >= 0.3 is 0 Å². The standard InChI is InChI=1S/C14H18O3/c15-11-12-5-1-2-8-14(12)17-10-4-7-13-6-3-9-16-13/h1-2,5,8,11,13H,3-4,6-7,9-10H2. The van der Waals surface area contributed by atoms with E-state index >= 15 is 0 Å². The van der Waals surface area contributed by atoms with E-state index in [1.165, 1.54) is 12.8 Å². The Morgan fingerprint density at radius 1 is 1.41 bits per heavy atom. The minimum absolute atomic E-state index is 0.417. The van der Waals surface area contributed by atoms with Crippen LogP contribution in [0.1, 0.15) is 36.0 Å². The largest absolute Gasteiger partial charge is 0.493 e. The number of rotatable bonds is 6. The van der Waals surface area contributed by atoms with Crippen LogP contribution in [-0.4, -0.2) is 25.6 Å². The molecular weight excluding hydrogens is 216 g/mol. The second-order valence-corrected chi connectivity index (χ2v) is 4.28. The van der Waals surface area contributed by atoms with Crippen molar-refractivity contribution >= 4 is 6.29 Å². The van der Waals surface area contributed by atoms with Gasteiger partial charge in [-0.25, -0.2) is 0 Å². The average molecular weight is 234 g/mol. The first-order valence-corrected chi connectivity index (χ1v) is 6.19. The van der Waals surface area contributed by atoms with E-state index in [-0.39, 0.29) is 0 Å². The molecule has 0 radical (unpaired) electrons. The van der Waals surface area contributed by atoms with Crippen LogP contribution in [-0.2, 0) is 4.74 Å². The summed E-state index contributed by atoms with van der Waals surface area (Å²) in [5.74, 6) is 0.676. The van der Waals surface area contributed by atoms with Gasteiger partial charge in [0, 0.05) is 6.61 Å². The number of hydrogen-bond donors (Lipinski definition) is 0. The molecule has 1 fully saturated rings. The summed E-state index contributed by atoms with van der Waals surface area (Å²) in [7, 11) is 0. The molecule has 2 rings (SSSR count). The first-order chi connectivity index (χ1) is 8.40. The maximum atomic E-state index is 10.8. The number of hydrogen-bond acceptors (Lipinski definition) is 3. The molecule has 0 N–H and O–H groups in total. The van der Waals surface area contributed by atoms with Gasteiger partial charge < -0.3 is 9.47 Å². The van der Waals surface area contributed by atoms with Crippen molar-refractivity contribution in [3.63, 3.8) is 0 Å². The van der Waals surface area contributed by atoms with Crippen LogP contribution >= 0.6 is 0 Å². The molecule has 0 spiro atoms. The van der Waals surface area contributed by atoms with Crippen molar-refractivity contribution in [2.75, 3.05) is 13.2 Å². The zero-order chi connectivity index (χ0) is 11.9. The molecule has 0 bridgehead atoms. The average Bonchev–Trinajstić information content (AvgIpc) is 2.88. The molecule has 0 aromatic heterocycles. The second-order valence-electron chi connectivity index (χ2n) is 4.28. The fraction of sp³-hybridized carbons (Fsp3) is 0.500. The number of benzene rings is 1. The van der Waals surface area contributed by atoms with Crippen LogP contribution < -0.4 is 4.74 Å². The Labute approximate surface area is 102 Å². The fourth-order valence-corrected chi connectivity index (χ4v) is 2.07. The van der Waals surface area contributed by atoms with E-state index in [4.69, 9.17) is 9.47 Å².